The summed E-state index contributed by atoms with van der Waals surface area (Å²) < 4.78 is 19.3. The van der Waals surface area contributed by atoms with Crippen LogP contribution in [-0.4, -0.2) is 43.3 Å². The average Bonchev–Trinajstić information content (AvgIpc) is 3.76. The Kier molecular flexibility index (Phi) is 6.37. The zero-order valence-electron chi connectivity index (χ0n) is 21.3. The molecule has 1 saturated carbocycles. The first kappa shape index (κ1) is 24.1. The molecule has 0 amide bonds. The SMILES string of the molecule is O=c1[nH]c2cc3c(cc2cc1[C@H](c1nnnn1C1CCCC1)N(Cc1ccco1)Cc1cccs1)OCCO3. The first-order valence-electron chi connectivity index (χ1n) is 13.3. The minimum absolute atomic E-state index is 0.194. The van der Waals surface area contributed by atoms with Gasteiger partial charge < -0.3 is 18.9 Å². The fraction of sp³-hybridized carbons (Fsp3) is 0.357. The summed E-state index contributed by atoms with van der Waals surface area (Å²) in [5, 5.41) is 16.0. The van der Waals surface area contributed by atoms with Gasteiger partial charge in [0.2, 0.25) is 0 Å². The molecule has 1 aromatic carbocycles. The van der Waals surface area contributed by atoms with Crippen molar-refractivity contribution in [1.29, 1.82) is 0 Å². The number of hydrogen-bond donors (Lipinski definition) is 1. The van der Waals surface area contributed by atoms with Gasteiger partial charge in [-0.25, -0.2) is 4.68 Å². The molecule has 7 rings (SSSR count). The molecule has 0 spiro atoms. The molecule has 0 bridgehead atoms. The fourth-order valence-electron chi connectivity index (χ4n) is 5.70. The van der Waals surface area contributed by atoms with Crippen molar-refractivity contribution in [3.05, 3.63) is 86.5 Å². The van der Waals surface area contributed by atoms with Gasteiger partial charge in [-0.2, -0.15) is 0 Å². The number of fused-ring (bicyclic) bond motifs is 2. The molecule has 1 aliphatic carbocycles. The number of benzene rings is 1. The van der Waals surface area contributed by atoms with Crippen LogP contribution in [0.15, 0.2) is 63.3 Å². The predicted octanol–water partition coefficient (Wildman–Crippen LogP) is 4.85. The number of ether oxygens (including phenoxy) is 2. The number of hydrogen-bond acceptors (Lipinski definition) is 9. The lowest BCUT2D eigenvalue weighted by atomic mass is 10.0. The summed E-state index contributed by atoms with van der Waals surface area (Å²) in [5.74, 6) is 2.77. The maximum absolute atomic E-state index is 13.8. The standard InChI is InChI=1S/C28H28N6O4S/c35-28-22(13-18-14-24-25(15-23(18)29-28)38-11-10-37-24)26(27-30-31-32-34(27)19-5-1-2-6-19)33(16-20-7-3-9-36-20)17-21-8-4-12-39-21/h3-4,7-9,12-15,19,26H,1-2,5-6,10-11,16-17H2,(H,29,35)/t26-/m1/s1. The summed E-state index contributed by atoms with van der Waals surface area (Å²) in [4.78, 5) is 20.3. The molecule has 1 N–H and O–H groups in total. The second-order valence-corrected chi connectivity index (χ2v) is 11.1. The largest absolute Gasteiger partial charge is 0.486 e. The van der Waals surface area contributed by atoms with Gasteiger partial charge in [-0.05, 0) is 59.0 Å². The van der Waals surface area contributed by atoms with Crippen LogP contribution in [0.25, 0.3) is 10.9 Å². The highest BCUT2D eigenvalue weighted by atomic mass is 32.1. The maximum atomic E-state index is 13.8. The molecule has 0 saturated heterocycles. The summed E-state index contributed by atoms with van der Waals surface area (Å²) in [5.41, 5.74) is 1.06. The van der Waals surface area contributed by atoms with Crippen LogP contribution in [0, 0.1) is 0 Å². The summed E-state index contributed by atoms with van der Waals surface area (Å²) in [6, 6.07) is 13.4. The number of rotatable bonds is 8. The van der Waals surface area contributed by atoms with Gasteiger partial charge in [0.05, 0.1) is 24.4 Å². The molecule has 10 nitrogen and oxygen atoms in total. The van der Waals surface area contributed by atoms with Gasteiger partial charge in [0, 0.05) is 28.4 Å². The number of nitrogens with zero attached hydrogens (tertiary/aromatic N) is 5. The van der Waals surface area contributed by atoms with Crippen LogP contribution >= 0.6 is 11.3 Å². The molecule has 4 aromatic heterocycles. The minimum atomic E-state index is -0.519. The van der Waals surface area contributed by atoms with E-state index >= 15 is 0 Å². The number of nitrogens with one attached hydrogen (secondary N) is 1. The normalized spacial score (nSPS) is 16.3. The van der Waals surface area contributed by atoms with E-state index in [0.29, 0.717) is 54.7 Å². The second-order valence-electron chi connectivity index (χ2n) is 10.0. The predicted molar refractivity (Wildman–Crippen MR) is 145 cm³/mol. The molecule has 39 heavy (non-hydrogen) atoms. The van der Waals surface area contributed by atoms with Crippen molar-refractivity contribution in [1.82, 2.24) is 30.1 Å². The number of pyridine rings is 1. The van der Waals surface area contributed by atoms with Crippen molar-refractivity contribution in [2.24, 2.45) is 0 Å². The smallest absolute Gasteiger partial charge is 0.253 e. The first-order chi connectivity index (χ1) is 19.2. The van der Waals surface area contributed by atoms with E-state index in [1.807, 2.05) is 41.1 Å². The summed E-state index contributed by atoms with van der Waals surface area (Å²) in [6.07, 6.45) is 5.99. The van der Waals surface area contributed by atoms with Gasteiger partial charge in [0.25, 0.3) is 5.56 Å². The first-order valence-corrected chi connectivity index (χ1v) is 14.1. The van der Waals surface area contributed by atoms with Gasteiger partial charge in [-0.1, -0.05) is 18.9 Å². The van der Waals surface area contributed by atoms with E-state index in [2.05, 4.69) is 36.9 Å². The molecule has 1 fully saturated rings. The Balaban J connectivity index is 1.40. The van der Waals surface area contributed by atoms with Crippen molar-refractivity contribution in [3.63, 3.8) is 0 Å². The van der Waals surface area contributed by atoms with E-state index in [1.165, 1.54) is 4.88 Å². The molecule has 0 unspecified atom stereocenters. The Morgan fingerprint density at radius 2 is 1.92 bits per heavy atom. The lowest BCUT2D eigenvalue weighted by Crippen LogP contribution is -2.35. The minimum Gasteiger partial charge on any atom is -0.486 e. The summed E-state index contributed by atoms with van der Waals surface area (Å²) in [6.45, 7) is 2.05. The van der Waals surface area contributed by atoms with E-state index < -0.39 is 6.04 Å². The quantitative estimate of drug-likeness (QED) is 0.295. The zero-order chi connectivity index (χ0) is 26.2. The Labute approximate surface area is 228 Å². The molecular formula is C28H28N6O4S. The van der Waals surface area contributed by atoms with Crippen molar-refractivity contribution < 1.29 is 13.9 Å². The number of thiophene rings is 1. The average molecular weight is 545 g/mol. The lowest BCUT2D eigenvalue weighted by Gasteiger charge is -2.30. The van der Waals surface area contributed by atoms with Gasteiger partial charge >= 0.3 is 0 Å². The van der Waals surface area contributed by atoms with Crippen molar-refractivity contribution in [2.75, 3.05) is 13.2 Å². The van der Waals surface area contributed by atoms with E-state index in [4.69, 9.17) is 13.9 Å². The monoisotopic (exact) mass is 544 g/mol. The van der Waals surface area contributed by atoms with Crippen LogP contribution in [-0.2, 0) is 13.1 Å². The van der Waals surface area contributed by atoms with Crippen LogP contribution in [0.5, 0.6) is 11.5 Å². The molecule has 1 atom stereocenters. The molecule has 0 radical (unpaired) electrons. The summed E-state index contributed by atoms with van der Waals surface area (Å²) >= 11 is 1.68. The van der Waals surface area contributed by atoms with Crippen LogP contribution in [0.3, 0.4) is 0 Å². The van der Waals surface area contributed by atoms with Gasteiger partial charge in [0.15, 0.2) is 17.3 Å². The van der Waals surface area contributed by atoms with Gasteiger partial charge in [0.1, 0.15) is 25.0 Å². The van der Waals surface area contributed by atoms with Crippen LogP contribution in [0.2, 0.25) is 0 Å². The molecule has 5 aromatic rings. The molecule has 1 aliphatic heterocycles. The Morgan fingerprint density at radius 3 is 2.69 bits per heavy atom. The van der Waals surface area contributed by atoms with Crippen molar-refractivity contribution in [3.8, 4) is 11.5 Å². The molecule has 11 heteroatoms. The van der Waals surface area contributed by atoms with E-state index in [0.717, 1.165) is 36.8 Å². The number of aromatic amines is 1. The van der Waals surface area contributed by atoms with Gasteiger partial charge in [-0.15, -0.1) is 16.4 Å². The molecule has 5 heterocycles. The molecule has 200 valence electrons. The topological polar surface area (TPSA) is 111 Å². The molecular weight excluding hydrogens is 516 g/mol. The third-order valence-corrected chi connectivity index (χ3v) is 8.37. The Bertz CT molecular complexity index is 1590. The molecule has 2 aliphatic rings. The number of furan rings is 1. The lowest BCUT2D eigenvalue weighted by molar-refractivity contribution is 0.172. The summed E-state index contributed by atoms with van der Waals surface area (Å²) in [7, 11) is 0. The van der Waals surface area contributed by atoms with Crippen LogP contribution in [0.4, 0.5) is 0 Å². The highest BCUT2D eigenvalue weighted by molar-refractivity contribution is 7.09. The van der Waals surface area contributed by atoms with Crippen molar-refractivity contribution >= 4 is 22.2 Å². The Morgan fingerprint density at radius 1 is 1.08 bits per heavy atom. The van der Waals surface area contributed by atoms with E-state index in [-0.39, 0.29) is 11.6 Å². The number of tetrazole rings is 1. The highest BCUT2D eigenvalue weighted by Gasteiger charge is 2.34. The fourth-order valence-corrected chi connectivity index (χ4v) is 6.42. The maximum Gasteiger partial charge on any atom is 0.253 e. The zero-order valence-corrected chi connectivity index (χ0v) is 22.1. The van der Waals surface area contributed by atoms with Crippen LogP contribution < -0.4 is 15.0 Å². The highest BCUT2D eigenvalue weighted by Crippen LogP contribution is 2.37. The van der Waals surface area contributed by atoms with Crippen molar-refractivity contribution in [2.45, 2.75) is 50.9 Å². The Hall–Kier alpha value is -3.96. The second kappa shape index (κ2) is 10.3. The van der Waals surface area contributed by atoms with E-state index in [1.54, 1.807) is 17.6 Å². The van der Waals surface area contributed by atoms with Gasteiger partial charge in [-0.3, -0.25) is 9.69 Å². The third kappa shape index (κ3) is 4.72. The third-order valence-electron chi connectivity index (χ3n) is 7.51. The number of H-pyrrole nitrogens is 1. The van der Waals surface area contributed by atoms with Crippen LogP contribution in [0.1, 0.15) is 59.8 Å². The van der Waals surface area contributed by atoms with E-state index in [9.17, 15) is 4.79 Å². The number of aromatic nitrogens is 5.